The zero-order valence-corrected chi connectivity index (χ0v) is 11.4. The van der Waals surface area contributed by atoms with E-state index in [1.54, 1.807) is 19.2 Å². The number of benzene rings is 1. The lowest BCUT2D eigenvalue weighted by atomic mass is 10.0. The topological polar surface area (TPSA) is 69.9 Å². The van der Waals surface area contributed by atoms with E-state index in [4.69, 9.17) is 0 Å². The average Bonchev–Trinajstić information content (AvgIpc) is 2.76. The van der Waals surface area contributed by atoms with Crippen molar-refractivity contribution in [1.29, 1.82) is 0 Å². The van der Waals surface area contributed by atoms with E-state index in [9.17, 15) is 18.0 Å². The van der Waals surface area contributed by atoms with Crippen LogP contribution in [-0.4, -0.2) is 36.4 Å². The third-order valence-electron chi connectivity index (χ3n) is 3.11. The zero-order chi connectivity index (χ0) is 15.5. The number of halogens is 3. The van der Waals surface area contributed by atoms with Crippen LogP contribution < -0.4 is 11.0 Å². The predicted molar refractivity (Wildman–Crippen MR) is 72.2 cm³/mol. The smallest absolute Gasteiger partial charge is 0.372 e. The summed E-state index contributed by atoms with van der Waals surface area (Å²) < 4.78 is 40.6. The van der Waals surface area contributed by atoms with Gasteiger partial charge in [-0.05, 0) is 31.2 Å². The van der Waals surface area contributed by atoms with Gasteiger partial charge in [0.25, 0.3) is 0 Å². The number of ether oxygens (including phenoxy) is 1. The highest BCUT2D eigenvalue weighted by atomic mass is 19.4. The lowest BCUT2D eigenvalue weighted by Gasteiger charge is -2.17. The Morgan fingerprint density at radius 3 is 2.67 bits per heavy atom. The molecule has 3 N–H and O–H groups in total. The number of imidazole rings is 1. The molecule has 116 valence electrons. The van der Waals surface area contributed by atoms with E-state index in [0.29, 0.717) is 17.5 Å². The van der Waals surface area contributed by atoms with Gasteiger partial charge in [0.15, 0.2) is 0 Å². The number of hydrogen-bond donors (Lipinski definition) is 3. The lowest BCUT2D eigenvalue weighted by Crippen LogP contribution is -2.21. The molecule has 0 aliphatic rings. The summed E-state index contributed by atoms with van der Waals surface area (Å²) in [5, 5.41) is 3.02. The number of H-pyrrole nitrogens is 2. The second kappa shape index (κ2) is 6.31. The Labute approximate surface area is 118 Å². The first-order chi connectivity index (χ1) is 9.89. The molecule has 0 spiro atoms. The predicted octanol–water partition coefficient (Wildman–Crippen LogP) is 2.09. The van der Waals surface area contributed by atoms with Crippen LogP contribution in [0.2, 0.25) is 0 Å². The average molecular weight is 303 g/mol. The number of aromatic amines is 2. The van der Waals surface area contributed by atoms with E-state index in [-0.39, 0.29) is 18.3 Å². The molecule has 0 aliphatic carbocycles. The summed E-state index contributed by atoms with van der Waals surface area (Å²) in [4.78, 5) is 16.5. The largest absolute Gasteiger partial charge is 0.411 e. The van der Waals surface area contributed by atoms with Crippen LogP contribution in [0.25, 0.3) is 11.0 Å². The molecule has 21 heavy (non-hydrogen) atoms. The van der Waals surface area contributed by atoms with Crippen molar-refractivity contribution in [3.05, 3.63) is 34.2 Å². The van der Waals surface area contributed by atoms with Crippen LogP contribution >= 0.6 is 0 Å². The molecule has 0 saturated carbocycles. The second-order valence-electron chi connectivity index (χ2n) is 4.68. The van der Waals surface area contributed by atoms with Crippen LogP contribution in [0.15, 0.2) is 23.0 Å². The quantitative estimate of drug-likeness (QED) is 0.716. The van der Waals surface area contributed by atoms with E-state index >= 15 is 0 Å². The highest BCUT2D eigenvalue weighted by Gasteiger charge is 2.27. The molecule has 2 rings (SSSR count). The van der Waals surface area contributed by atoms with Gasteiger partial charge in [-0.15, -0.1) is 0 Å². The van der Waals surface area contributed by atoms with Crippen LogP contribution in [0, 0.1) is 0 Å². The Bertz CT molecular complexity index is 648. The van der Waals surface area contributed by atoms with Gasteiger partial charge in [0.05, 0.1) is 11.0 Å². The first kappa shape index (κ1) is 15.6. The van der Waals surface area contributed by atoms with E-state index in [1.807, 2.05) is 6.07 Å². The minimum Gasteiger partial charge on any atom is -0.372 e. The molecule has 0 aliphatic heterocycles. The van der Waals surface area contributed by atoms with Crippen LogP contribution in [0.3, 0.4) is 0 Å². The minimum absolute atomic E-state index is 0.00723. The molecule has 0 saturated heterocycles. The van der Waals surface area contributed by atoms with Crippen molar-refractivity contribution in [2.45, 2.75) is 18.6 Å². The van der Waals surface area contributed by atoms with E-state index in [1.165, 1.54) is 0 Å². The van der Waals surface area contributed by atoms with Gasteiger partial charge >= 0.3 is 11.9 Å². The van der Waals surface area contributed by atoms with E-state index < -0.39 is 12.8 Å². The van der Waals surface area contributed by atoms with Crippen molar-refractivity contribution in [3.63, 3.8) is 0 Å². The molecule has 0 bridgehead atoms. The van der Waals surface area contributed by atoms with Crippen molar-refractivity contribution in [2.75, 3.05) is 20.3 Å². The summed E-state index contributed by atoms with van der Waals surface area (Å²) in [5.41, 5.74) is 1.92. The van der Waals surface area contributed by atoms with Gasteiger partial charge in [-0.3, -0.25) is 0 Å². The first-order valence-corrected chi connectivity index (χ1v) is 6.43. The number of nitrogens with one attached hydrogen (secondary N) is 3. The van der Waals surface area contributed by atoms with E-state index in [2.05, 4.69) is 20.0 Å². The first-order valence-electron chi connectivity index (χ1n) is 6.43. The van der Waals surface area contributed by atoms with Crippen molar-refractivity contribution in [1.82, 2.24) is 15.3 Å². The maximum absolute atomic E-state index is 12.0. The molecule has 5 nitrogen and oxygen atoms in total. The monoisotopic (exact) mass is 303 g/mol. The molecular formula is C13H16F3N3O2. The van der Waals surface area contributed by atoms with Gasteiger partial charge in [-0.2, -0.15) is 13.2 Å². The summed E-state index contributed by atoms with van der Waals surface area (Å²) in [5.74, 6) is 0. The molecule has 1 aromatic heterocycles. The number of aromatic nitrogens is 2. The summed E-state index contributed by atoms with van der Waals surface area (Å²) >= 11 is 0. The maximum atomic E-state index is 12.0. The van der Waals surface area contributed by atoms with Gasteiger partial charge in [-0.1, -0.05) is 6.07 Å². The SMILES string of the molecule is CNC(CCOCC(F)(F)F)c1ccc2[nH]c(=O)[nH]c2c1. The molecule has 0 fully saturated rings. The van der Waals surface area contributed by atoms with Gasteiger partial charge in [0, 0.05) is 12.6 Å². The highest BCUT2D eigenvalue weighted by Crippen LogP contribution is 2.21. The Kier molecular flexibility index (Phi) is 4.69. The molecule has 8 heteroatoms. The minimum atomic E-state index is -4.31. The normalized spacial score (nSPS) is 13.7. The Balaban J connectivity index is 2.00. The molecule has 0 radical (unpaired) electrons. The van der Waals surface area contributed by atoms with Crippen molar-refractivity contribution in [2.24, 2.45) is 0 Å². The van der Waals surface area contributed by atoms with E-state index in [0.717, 1.165) is 5.56 Å². The van der Waals surface area contributed by atoms with Gasteiger partial charge in [0.1, 0.15) is 6.61 Å². The van der Waals surface area contributed by atoms with Crippen LogP contribution in [-0.2, 0) is 4.74 Å². The fourth-order valence-corrected chi connectivity index (χ4v) is 2.13. The summed E-state index contributed by atoms with van der Waals surface area (Å²) in [6, 6.07) is 5.21. The third kappa shape index (κ3) is 4.33. The molecule has 0 amide bonds. The molecular weight excluding hydrogens is 287 g/mol. The van der Waals surface area contributed by atoms with Gasteiger partial charge in [0.2, 0.25) is 0 Å². The summed E-state index contributed by atoms with van der Waals surface area (Å²) in [7, 11) is 1.72. The number of fused-ring (bicyclic) bond motifs is 1. The summed E-state index contributed by atoms with van der Waals surface area (Å²) in [6.07, 6.45) is -3.91. The number of rotatable bonds is 6. The van der Waals surface area contributed by atoms with Gasteiger partial charge < -0.3 is 20.0 Å². The molecule has 1 heterocycles. The van der Waals surface area contributed by atoms with Gasteiger partial charge in [-0.25, -0.2) is 4.79 Å². The van der Waals surface area contributed by atoms with Crippen molar-refractivity contribution in [3.8, 4) is 0 Å². The maximum Gasteiger partial charge on any atom is 0.411 e. The third-order valence-corrected chi connectivity index (χ3v) is 3.11. The number of hydrogen-bond acceptors (Lipinski definition) is 3. The number of alkyl halides is 3. The summed E-state index contributed by atoms with van der Waals surface area (Å²) in [6.45, 7) is -1.25. The molecule has 1 aromatic carbocycles. The van der Waals surface area contributed by atoms with Crippen molar-refractivity contribution < 1.29 is 17.9 Å². The Hall–Kier alpha value is -1.80. The second-order valence-corrected chi connectivity index (χ2v) is 4.68. The Morgan fingerprint density at radius 1 is 1.29 bits per heavy atom. The standard InChI is InChI=1S/C13H16F3N3O2/c1-17-9(4-5-21-7-13(14,15)16)8-2-3-10-11(6-8)19-12(20)18-10/h2-3,6,9,17H,4-5,7H2,1H3,(H2,18,19,20). The lowest BCUT2D eigenvalue weighted by molar-refractivity contribution is -0.174. The molecule has 2 aromatic rings. The molecule has 1 atom stereocenters. The Morgan fingerprint density at radius 2 is 2.00 bits per heavy atom. The molecule has 1 unspecified atom stereocenters. The van der Waals surface area contributed by atoms with Crippen LogP contribution in [0.4, 0.5) is 13.2 Å². The van der Waals surface area contributed by atoms with Crippen LogP contribution in [0.1, 0.15) is 18.0 Å². The highest BCUT2D eigenvalue weighted by molar-refractivity contribution is 5.75. The zero-order valence-electron chi connectivity index (χ0n) is 11.4. The fourth-order valence-electron chi connectivity index (χ4n) is 2.13. The fraction of sp³-hybridized carbons (Fsp3) is 0.462. The van der Waals surface area contributed by atoms with Crippen LogP contribution in [0.5, 0.6) is 0 Å². The van der Waals surface area contributed by atoms with Crippen molar-refractivity contribution >= 4 is 11.0 Å².